The second-order valence-electron chi connectivity index (χ2n) is 12.0. The molecule has 212 valence electrons. The van der Waals surface area contributed by atoms with Gasteiger partial charge in [0.15, 0.2) is 0 Å². The molecule has 2 aliphatic rings. The number of hydrogen-bond acceptors (Lipinski definition) is 4. The van der Waals surface area contributed by atoms with Crippen molar-refractivity contribution in [1.82, 2.24) is 19.8 Å². The predicted octanol–water partition coefficient (Wildman–Crippen LogP) is 8.04. The lowest BCUT2D eigenvalue weighted by atomic mass is 9.85. The Morgan fingerprint density at radius 2 is 1.77 bits per heavy atom. The molecule has 0 saturated carbocycles. The zero-order chi connectivity index (χ0) is 28.6. The normalized spacial score (nSPS) is 19.0. The van der Waals surface area contributed by atoms with E-state index < -0.39 is 0 Å². The Kier molecular flexibility index (Phi) is 8.23. The molecule has 40 heavy (non-hydrogen) atoms. The Labute approximate surface area is 240 Å². The van der Waals surface area contributed by atoms with Crippen LogP contribution in [0.3, 0.4) is 0 Å². The average Bonchev–Trinajstić information content (AvgIpc) is 3.18. The maximum Gasteiger partial charge on any atom is 0.124 e. The van der Waals surface area contributed by atoms with Crippen molar-refractivity contribution in [2.45, 2.75) is 67.3 Å². The number of fused-ring (bicyclic) bond motifs is 2. The Morgan fingerprint density at radius 3 is 2.52 bits per heavy atom. The van der Waals surface area contributed by atoms with Gasteiger partial charge in [-0.05, 0) is 114 Å². The third kappa shape index (κ3) is 5.62. The average molecular weight is 539 g/mol. The van der Waals surface area contributed by atoms with Crippen molar-refractivity contribution in [3.63, 3.8) is 0 Å². The second-order valence-corrected chi connectivity index (χ2v) is 12.0. The van der Waals surface area contributed by atoms with E-state index in [0.29, 0.717) is 12.5 Å². The molecule has 1 aromatic heterocycles. The molecule has 2 aromatic carbocycles. The van der Waals surface area contributed by atoms with E-state index in [2.05, 4.69) is 105 Å². The maximum atomic E-state index is 6.33. The van der Waals surface area contributed by atoms with Crippen LogP contribution in [0.1, 0.15) is 65.3 Å². The smallest absolute Gasteiger partial charge is 0.124 e. The second kappa shape index (κ2) is 11.7. The van der Waals surface area contributed by atoms with Gasteiger partial charge < -0.3 is 19.5 Å². The molecule has 1 unspecified atom stereocenters. The lowest BCUT2D eigenvalue weighted by molar-refractivity contribution is 0.264. The van der Waals surface area contributed by atoms with Crippen LogP contribution in [0, 0.1) is 12.8 Å². The van der Waals surface area contributed by atoms with Crippen molar-refractivity contribution in [2.75, 3.05) is 33.8 Å². The number of imidazole rings is 1. The fourth-order valence-electron chi connectivity index (χ4n) is 6.76. The van der Waals surface area contributed by atoms with Crippen molar-refractivity contribution in [3.05, 3.63) is 81.3 Å². The summed E-state index contributed by atoms with van der Waals surface area (Å²) in [4.78, 5) is 12.9. The molecule has 1 atom stereocenters. The molecular weight excluding hydrogens is 492 g/mol. The van der Waals surface area contributed by atoms with Crippen LogP contribution in [0.4, 0.5) is 0 Å². The minimum atomic E-state index is 0.448. The lowest BCUT2D eigenvalue weighted by Crippen LogP contribution is -2.27. The van der Waals surface area contributed by atoms with Crippen LogP contribution in [0.5, 0.6) is 5.75 Å². The first-order valence-electron chi connectivity index (χ1n) is 14.9. The Balaban J connectivity index is 1.52. The van der Waals surface area contributed by atoms with Crippen LogP contribution in [-0.2, 0) is 6.54 Å². The number of nitrogens with zero attached hydrogens (tertiary/aromatic N) is 3. The van der Waals surface area contributed by atoms with Crippen molar-refractivity contribution in [1.29, 1.82) is 0 Å². The van der Waals surface area contributed by atoms with Crippen molar-refractivity contribution < 1.29 is 4.74 Å². The summed E-state index contributed by atoms with van der Waals surface area (Å²) in [6.07, 6.45) is 3.27. The van der Waals surface area contributed by atoms with Gasteiger partial charge in [-0.1, -0.05) is 42.7 Å². The molecule has 1 aliphatic heterocycles. The first kappa shape index (κ1) is 28.2. The predicted molar refractivity (Wildman–Crippen MR) is 168 cm³/mol. The van der Waals surface area contributed by atoms with Crippen LogP contribution in [0.2, 0.25) is 0 Å². The highest BCUT2D eigenvalue weighted by molar-refractivity contribution is 5.82. The van der Waals surface area contributed by atoms with Crippen LogP contribution in [0.25, 0.3) is 22.2 Å². The molecule has 5 nitrogen and oxygen atoms in total. The van der Waals surface area contributed by atoms with Gasteiger partial charge >= 0.3 is 0 Å². The molecule has 0 saturated heterocycles. The summed E-state index contributed by atoms with van der Waals surface area (Å²) in [7, 11) is 4.37. The van der Waals surface area contributed by atoms with Crippen LogP contribution >= 0.6 is 0 Å². The molecule has 0 spiro atoms. The van der Waals surface area contributed by atoms with Crippen LogP contribution in [0.15, 0.2) is 70.0 Å². The maximum absolute atomic E-state index is 6.33. The van der Waals surface area contributed by atoms with Crippen molar-refractivity contribution in [3.8, 4) is 16.9 Å². The standard InChI is InChI=1S/C35H46N4O/c1-9-31-24(4)23(3)29(20-38(7)8)11-10-22(2)35(25(31)5)39-16-17-40-34-15-13-27(18-30(34)21-39)28-12-14-32-33(19-28)37-26(6)36-32/h12-15,18-19,24H,9-11,16-17,20-21H2,1-8H3,(H,36,37). The van der Waals surface area contributed by atoms with Gasteiger partial charge in [-0.25, -0.2) is 4.98 Å². The van der Waals surface area contributed by atoms with E-state index >= 15 is 0 Å². The molecular formula is C35H46N4O. The minimum Gasteiger partial charge on any atom is -0.491 e. The Bertz CT molecular complexity index is 1500. The number of hydrogen-bond donors (Lipinski definition) is 1. The Morgan fingerprint density at radius 1 is 1.02 bits per heavy atom. The molecule has 1 aliphatic carbocycles. The third-order valence-electron chi connectivity index (χ3n) is 8.95. The highest BCUT2D eigenvalue weighted by atomic mass is 16.5. The van der Waals surface area contributed by atoms with Gasteiger partial charge in [-0.2, -0.15) is 0 Å². The number of aromatic nitrogens is 2. The zero-order valence-corrected chi connectivity index (χ0v) is 25.7. The highest BCUT2D eigenvalue weighted by Crippen LogP contribution is 2.38. The summed E-state index contributed by atoms with van der Waals surface area (Å²) in [5, 5.41) is 0. The topological polar surface area (TPSA) is 44.4 Å². The fourth-order valence-corrected chi connectivity index (χ4v) is 6.76. The number of nitrogens with one attached hydrogen (secondary N) is 1. The largest absolute Gasteiger partial charge is 0.491 e. The molecule has 0 bridgehead atoms. The summed E-state index contributed by atoms with van der Waals surface area (Å²) in [5.41, 5.74) is 14.8. The quantitative estimate of drug-likeness (QED) is 0.334. The summed E-state index contributed by atoms with van der Waals surface area (Å²) in [5.74, 6) is 2.40. The molecule has 3 aromatic rings. The van der Waals surface area contributed by atoms with Gasteiger partial charge in [0, 0.05) is 24.4 Å². The van der Waals surface area contributed by atoms with Gasteiger partial charge in [-0.15, -0.1) is 0 Å². The third-order valence-corrected chi connectivity index (χ3v) is 8.95. The van der Waals surface area contributed by atoms with Gasteiger partial charge in [0.1, 0.15) is 18.2 Å². The molecule has 2 heterocycles. The van der Waals surface area contributed by atoms with E-state index in [1.165, 1.54) is 33.5 Å². The summed E-state index contributed by atoms with van der Waals surface area (Å²) < 4.78 is 6.33. The van der Waals surface area contributed by atoms with Crippen molar-refractivity contribution >= 4 is 11.0 Å². The van der Waals surface area contributed by atoms with Gasteiger partial charge in [0.25, 0.3) is 0 Å². The molecule has 5 heteroatoms. The van der Waals surface area contributed by atoms with Gasteiger partial charge in [-0.3, -0.25) is 0 Å². The van der Waals surface area contributed by atoms with E-state index in [1.54, 1.807) is 16.7 Å². The number of likely N-dealkylation sites (N-methyl/N-ethyl adjacent to an activating group) is 1. The van der Waals surface area contributed by atoms with E-state index in [9.17, 15) is 0 Å². The summed E-state index contributed by atoms with van der Waals surface area (Å²) in [6, 6.07) is 13.2. The molecule has 0 radical (unpaired) electrons. The van der Waals surface area contributed by atoms with Crippen LogP contribution < -0.4 is 4.74 Å². The first-order valence-corrected chi connectivity index (χ1v) is 14.9. The van der Waals surface area contributed by atoms with E-state index in [0.717, 1.165) is 61.5 Å². The monoisotopic (exact) mass is 538 g/mol. The first-order chi connectivity index (χ1) is 19.2. The van der Waals surface area contributed by atoms with Gasteiger partial charge in [0.2, 0.25) is 0 Å². The van der Waals surface area contributed by atoms with E-state index in [1.807, 2.05) is 6.92 Å². The van der Waals surface area contributed by atoms with Gasteiger partial charge in [0.05, 0.1) is 17.6 Å². The molecule has 5 rings (SSSR count). The number of benzene rings is 2. The fraction of sp³-hybridized carbons (Fsp3) is 0.457. The van der Waals surface area contributed by atoms with E-state index in [-0.39, 0.29) is 0 Å². The summed E-state index contributed by atoms with van der Waals surface area (Å²) >= 11 is 0. The van der Waals surface area contributed by atoms with Crippen LogP contribution in [-0.4, -0.2) is 53.6 Å². The Hall–Kier alpha value is -3.31. The van der Waals surface area contributed by atoms with E-state index in [4.69, 9.17) is 4.74 Å². The van der Waals surface area contributed by atoms with Crippen molar-refractivity contribution in [2.24, 2.45) is 5.92 Å². The molecule has 1 N–H and O–H groups in total. The highest BCUT2D eigenvalue weighted by Gasteiger charge is 2.26. The molecule has 0 fully saturated rings. The lowest BCUT2D eigenvalue weighted by Gasteiger charge is -2.31. The number of ether oxygens (including phenoxy) is 1. The SMILES string of the molecule is CCC1=C(C)C(N2CCOc3ccc(-c4ccc5nc(C)[nH]c5c4)cc3C2)=C(C)CCC(CN(C)C)=C(C)C1C. The number of aryl methyl sites for hydroxylation is 1. The minimum absolute atomic E-state index is 0.448. The zero-order valence-electron chi connectivity index (χ0n) is 25.7. The number of rotatable bonds is 5. The number of H-pyrrole nitrogens is 1. The summed E-state index contributed by atoms with van der Waals surface area (Å²) in [6.45, 7) is 17.3. The number of aromatic amines is 1. The number of allylic oxidation sites excluding steroid dienone is 4. The molecule has 0 amide bonds.